The Bertz CT molecular complexity index is 1740. The van der Waals surface area contributed by atoms with E-state index in [-0.39, 0.29) is 47.7 Å². The molecule has 0 unspecified atom stereocenters. The first-order valence-corrected chi connectivity index (χ1v) is 14.1. The Morgan fingerprint density at radius 2 is 1.93 bits per heavy atom. The van der Waals surface area contributed by atoms with Crippen molar-refractivity contribution in [1.82, 2.24) is 15.1 Å². The second kappa shape index (κ2) is 10.4. The van der Waals surface area contributed by atoms with Gasteiger partial charge < -0.3 is 19.3 Å². The number of carboxylic acid groups (broad SMARTS) is 1. The van der Waals surface area contributed by atoms with Crippen LogP contribution in [0, 0.1) is 5.92 Å². The molecule has 2 saturated carbocycles. The molecule has 4 heterocycles. The van der Waals surface area contributed by atoms with E-state index in [0.717, 1.165) is 24.7 Å². The van der Waals surface area contributed by atoms with Gasteiger partial charge in [0.2, 0.25) is 0 Å². The Hall–Kier alpha value is -4.48. The summed E-state index contributed by atoms with van der Waals surface area (Å²) in [7, 11) is 0. The lowest BCUT2D eigenvalue weighted by Gasteiger charge is -2.40. The molecule has 0 atom stereocenters. The first-order valence-electron chi connectivity index (χ1n) is 14.1. The summed E-state index contributed by atoms with van der Waals surface area (Å²) in [4.78, 5) is 21.5. The summed E-state index contributed by atoms with van der Waals surface area (Å²) in [5.41, 5.74) is 0.786. The standard InChI is InChI=1S/C31H26F4N4O4/c32-18-10-20(11-18)42-26-13-25(30(40)41)37-24-8-6-19(12-23(24)26)39-14-16(15-39)3-7-21-27(38-43-28(21)17-4-5-17)22-2-1-9-36-29(22)31(33,34)35/h1-3,6-9,12-13,16-18,20H,4-5,10-11,14-15H2,(H,40,41)/b7-3+. The van der Waals surface area contributed by atoms with E-state index < -0.39 is 24.0 Å². The van der Waals surface area contributed by atoms with Crippen molar-refractivity contribution in [1.29, 1.82) is 0 Å². The summed E-state index contributed by atoms with van der Waals surface area (Å²) in [6.07, 6.45) is 1.37. The number of hydrogen-bond donors (Lipinski definition) is 1. The molecule has 0 radical (unpaired) electrons. The first kappa shape index (κ1) is 27.4. The molecule has 1 aromatic carbocycles. The van der Waals surface area contributed by atoms with Crippen molar-refractivity contribution in [3.63, 3.8) is 0 Å². The van der Waals surface area contributed by atoms with Crippen LogP contribution >= 0.6 is 0 Å². The Balaban J connectivity index is 1.12. The molecule has 0 spiro atoms. The number of anilines is 1. The lowest BCUT2D eigenvalue weighted by molar-refractivity contribution is -0.140. The fraction of sp³-hybridized carbons (Fsp3) is 0.355. The van der Waals surface area contributed by atoms with Gasteiger partial charge in [-0.2, -0.15) is 13.2 Å². The van der Waals surface area contributed by atoms with Gasteiger partial charge in [0.1, 0.15) is 29.5 Å². The third-order valence-corrected chi connectivity index (χ3v) is 8.15. The number of nitrogens with zero attached hydrogens (tertiary/aromatic N) is 4. The third kappa shape index (κ3) is 5.30. The Morgan fingerprint density at radius 1 is 1.14 bits per heavy atom. The normalized spacial score (nSPS) is 20.8. The lowest BCUT2D eigenvalue weighted by Crippen LogP contribution is -2.45. The smallest absolute Gasteiger partial charge is 0.434 e. The zero-order chi connectivity index (χ0) is 29.9. The second-order valence-electron chi connectivity index (χ2n) is 11.3. The van der Waals surface area contributed by atoms with Gasteiger partial charge in [-0.1, -0.05) is 17.3 Å². The van der Waals surface area contributed by atoms with E-state index in [1.165, 1.54) is 18.2 Å². The Morgan fingerprint density at radius 3 is 2.63 bits per heavy atom. The fourth-order valence-electron chi connectivity index (χ4n) is 5.57. The third-order valence-electron chi connectivity index (χ3n) is 8.15. The number of carboxylic acids is 1. The summed E-state index contributed by atoms with van der Waals surface area (Å²) >= 11 is 0. The van der Waals surface area contributed by atoms with Crippen molar-refractivity contribution in [2.45, 2.75) is 50.1 Å². The molecule has 3 aliphatic rings. The maximum absolute atomic E-state index is 13.7. The van der Waals surface area contributed by atoms with Crippen molar-refractivity contribution in [2.24, 2.45) is 5.92 Å². The van der Waals surface area contributed by atoms with Gasteiger partial charge in [-0.15, -0.1) is 0 Å². The van der Waals surface area contributed by atoms with Crippen LogP contribution in [0.1, 0.15) is 59.1 Å². The van der Waals surface area contributed by atoms with Crippen LogP contribution in [0.5, 0.6) is 5.75 Å². The fourth-order valence-corrected chi connectivity index (χ4v) is 5.57. The van der Waals surface area contributed by atoms with Crippen LogP contribution in [-0.2, 0) is 6.18 Å². The highest BCUT2D eigenvalue weighted by atomic mass is 19.4. The molecule has 8 nitrogen and oxygen atoms in total. The molecule has 1 N–H and O–H groups in total. The number of halogens is 4. The average molecular weight is 595 g/mol. The minimum absolute atomic E-state index is 0.113. The molecule has 3 aromatic heterocycles. The highest BCUT2D eigenvalue weighted by Gasteiger charge is 2.39. The van der Waals surface area contributed by atoms with Crippen molar-refractivity contribution in [3.05, 3.63) is 71.4 Å². The number of carbonyl (C=O) groups is 1. The van der Waals surface area contributed by atoms with E-state index >= 15 is 0 Å². The van der Waals surface area contributed by atoms with Gasteiger partial charge in [0.15, 0.2) is 11.4 Å². The molecule has 3 fully saturated rings. The highest BCUT2D eigenvalue weighted by molar-refractivity contribution is 5.94. The molecule has 2 aliphatic carbocycles. The predicted molar refractivity (Wildman–Crippen MR) is 149 cm³/mol. The summed E-state index contributed by atoms with van der Waals surface area (Å²) in [6, 6.07) is 9.68. The molecule has 7 rings (SSSR count). The number of benzene rings is 1. The minimum atomic E-state index is -4.63. The van der Waals surface area contributed by atoms with Gasteiger partial charge >= 0.3 is 12.1 Å². The zero-order valence-corrected chi connectivity index (χ0v) is 22.7. The molecule has 43 heavy (non-hydrogen) atoms. The van der Waals surface area contributed by atoms with Crippen LogP contribution in [0.3, 0.4) is 0 Å². The van der Waals surface area contributed by atoms with Crippen LogP contribution in [-0.4, -0.2) is 51.6 Å². The summed E-state index contributed by atoms with van der Waals surface area (Å²) in [6.45, 7) is 1.32. The molecule has 0 bridgehead atoms. The number of rotatable bonds is 8. The van der Waals surface area contributed by atoms with Gasteiger partial charge in [-0.05, 0) is 43.2 Å². The predicted octanol–water partition coefficient (Wildman–Crippen LogP) is 6.91. The van der Waals surface area contributed by atoms with E-state index in [0.29, 0.717) is 41.1 Å². The van der Waals surface area contributed by atoms with Crippen LogP contribution in [0.2, 0.25) is 0 Å². The topological polar surface area (TPSA) is 102 Å². The highest BCUT2D eigenvalue weighted by Crippen LogP contribution is 2.46. The quantitative estimate of drug-likeness (QED) is 0.220. The van der Waals surface area contributed by atoms with Gasteiger partial charge in [-0.3, -0.25) is 4.98 Å². The van der Waals surface area contributed by atoms with Crippen molar-refractivity contribution < 1.29 is 36.7 Å². The molecular weight excluding hydrogens is 568 g/mol. The Labute approximate surface area is 243 Å². The van der Waals surface area contributed by atoms with E-state index in [1.807, 2.05) is 24.3 Å². The van der Waals surface area contributed by atoms with Crippen LogP contribution in [0.25, 0.3) is 28.2 Å². The summed E-state index contributed by atoms with van der Waals surface area (Å²) in [5, 5.41) is 14.2. The Kier molecular flexibility index (Phi) is 6.59. The molecule has 0 amide bonds. The van der Waals surface area contributed by atoms with Crippen molar-refractivity contribution in [3.8, 4) is 17.0 Å². The lowest BCUT2D eigenvalue weighted by atomic mass is 9.93. The van der Waals surface area contributed by atoms with Gasteiger partial charge in [0.05, 0.1) is 5.52 Å². The van der Waals surface area contributed by atoms with Crippen LogP contribution < -0.4 is 9.64 Å². The van der Waals surface area contributed by atoms with E-state index in [2.05, 4.69) is 20.0 Å². The monoisotopic (exact) mass is 594 g/mol. The zero-order valence-electron chi connectivity index (χ0n) is 22.7. The van der Waals surface area contributed by atoms with Crippen LogP contribution in [0.4, 0.5) is 23.2 Å². The van der Waals surface area contributed by atoms with Crippen molar-refractivity contribution in [2.75, 3.05) is 18.0 Å². The van der Waals surface area contributed by atoms with Crippen LogP contribution in [0.15, 0.2) is 53.2 Å². The summed E-state index contributed by atoms with van der Waals surface area (Å²) < 4.78 is 66.0. The molecule has 4 aromatic rings. The molecule has 222 valence electrons. The van der Waals surface area contributed by atoms with E-state index in [1.54, 1.807) is 6.07 Å². The average Bonchev–Trinajstić information content (AvgIpc) is 3.70. The number of aromatic nitrogens is 3. The first-order chi connectivity index (χ1) is 20.6. The number of hydrogen-bond acceptors (Lipinski definition) is 7. The molecule has 1 aliphatic heterocycles. The van der Waals surface area contributed by atoms with E-state index in [4.69, 9.17) is 9.26 Å². The second-order valence-corrected chi connectivity index (χ2v) is 11.3. The number of pyridine rings is 2. The number of ether oxygens (including phenoxy) is 1. The number of fused-ring (bicyclic) bond motifs is 1. The van der Waals surface area contributed by atoms with Crippen molar-refractivity contribution >= 4 is 28.6 Å². The van der Waals surface area contributed by atoms with Gasteiger partial charge in [0, 0.05) is 72.2 Å². The minimum Gasteiger partial charge on any atom is -0.489 e. The number of aromatic carboxylic acids is 1. The van der Waals surface area contributed by atoms with Gasteiger partial charge in [-0.25, -0.2) is 14.2 Å². The largest absolute Gasteiger partial charge is 0.489 e. The summed E-state index contributed by atoms with van der Waals surface area (Å²) in [5.74, 6) is 0.0507. The van der Waals surface area contributed by atoms with E-state index in [9.17, 15) is 27.5 Å². The SMILES string of the molecule is O=C(O)c1cc(OC2CC(F)C2)c2cc(N3CC(/C=C/c4c(-c5cccnc5C(F)(F)F)noc4C4CC4)C3)ccc2n1. The molecular formula is C31H26F4N4O4. The van der Waals surface area contributed by atoms with Gasteiger partial charge in [0.25, 0.3) is 0 Å². The maximum Gasteiger partial charge on any atom is 0.434 e. The maximum atomic E-state index is 13.7. The number of alkyl halides is 4. The molecule has 1 saturated heterocycles. The molecule has 12 heteroatoms.